The molecule has 2 rings (SSSR count). The lowest BCUT2D eigenvalue weighted by atomic mass is 9.96. The van der Waals surface area contributed by atoms with Crippen molar-refractivity contribution in [2.75, 3.05) is 20.1 Å². The summed E-state index contributed by atoms with van der Waals surface area (Å²) < 4.78 is 0.981. The normalized spacial score (nSPS) is 17.7. The van der Waals surface area contributed by atoms with Crippen molar-refractivity contribution in [1.82, 2.24) is 15.5 Å². The summed E-state index contributed by atoms with van der Waals surface area (Å²) in [6, 6.07) is 7.46. The van der Waals surface area contributed by atoms with Crippen molar-refractivity contribution < 1.29 is 14.4 Å². The summed E-state index contributed by atoms with van der Waals surface area (Å²) in [7, 11) is 1.57. The second-order valence-corrected chi connectivity index (χ2v) is 7.43. The minimum atomic E-state index is -0.423. The van der Waals surface area contributed by atoms with Crippen molar-refractivity contribution >= 4 is 33.7 Å². The van der Waals surface area contributed by atoms with Crippen LogP contribution in [-0.2, 0) is 20.8 Å². The number of carbonyl (C=O) groups is 3. The average molecular weight is 424 g/mol. The fourth-order valence-corrected chi connectivity index (χ4v) is 3.73. The van der Waals surface area contributed by atoms with Crippen molar-refractivity contribution in [3.63, 3.8) is 0 Å². The van der Waals surface area contributed by atoms with Gasteiger partial charge in [0.1, 0.15) is 6.04 Å². The lowest BCUT2D eigenvalue weighted by molar-refractivity contribution is -0.138. The molecule has 2 N–H and O–H groups in total. The molecule has 0 bridgehead atoms. The van der Waals surface area contributed by atoms with Crippen molar-refractivity contribution in [1.29, 1.82) is 0 Å². The quantitative estimate of drug-likeness (QED) is 0.702. The molecule has 1 aromatic rings. The van der Waals surface area contributed by atoms with Gasteiger partial charge < -0.3 is 15.5 Å². The first-order valence-corrected chi connectivity index (χ1v) is 9.78. The van der Waals surface area contributed by atoms with Crippen LogP contribution in [0.3, 0.4) is 0 Å². The van der Waals surface area contributed by atoms with Crippen LogP contribution in [0.25, 0.3) is 0 Å². The highest BCUT2D eigenvalue weighted by atomic mass is 79.9. The molecule has 1 heterocycles. The summed E-state index contributed by atoms with van der Waals surface area (Å²) in [5, 5.41) is 5.34. The zero-order chi connectivity index (χ0) is 19.1. The van der Waals surface area contributed by atoms with Crippen LogP contribution in [0.5, 0.6) is 0 Å². The van der Waals surface area contributed by atoms with Crippen molar-refractivity contribution in [2.45, 2.75) is 38.6 Å². The summed E-state index contributed by atoms with van der Waals surface area (Å²) >= 11 is 3.44. The lowest BCUT2D eigenvalue weighted by Gasteiger charge is -2.24. The Morgan fingerprint density at radius 3 is 2.77 bits per heavy atom. The maximum absolute atomic E-state index is 12.5. The molecule has 0 aliphatic carbocycles. The molecule has 142 valence electrons. The third-order valence-electron chi connectivity index (χ3n) is 4.77. The van der Waals surface area contributed by atoms with E-state index >= 15 is 0 Å². The van der Waals surface area contributed by atoms with Crippen LogP contribution >= 0.6 is 15.9 Å². The third kappa shape index (κ3) is 5.30. The molecule has 26 heavy (non-hydrogen) atoms. The Morgan fingerprint density at radius 2 is 2.12 bits per heavy atom. The minimum absolute atomic E-state index is 0.0681. The smallest absolute Gasteiger partial charge is 0.242 e. The number of benzene rings is 1. The van der Waals surface area contributed by atoms with E-state index in [1.165, 1.54) is 0 Å². The summed E-state index contributed by atoms with van der Waals surface area (Å²) in [6.45, 7) is 2.45. The molecule has 0 aromatic heterocycles. The van der Waals surface area contributed by atoms with E-state index in [1.807, 2.05) is 31.2 Å². The highest BCUT2D eigenvalue weighted by molar-refractivity contribution is 9.10. The van der Waals surface area contributed by atoms with E-state index in [0.717, 1.165) is 16.5 Å². The summed E-state index contributed by atoms with van der Waals surface area (Å²) in [5.41, 5.74) is 1.08. The van der Waals surface area contributed by atoms with Gasteiger partial charge in [0.2, 0.25) is 17.7 Å². The molecule has 1 fully saturated rings. The van der Waals surface area contributed by atoms with Crippen LogP contribution in [0.2, 0.25) is 0 Å². The van der Waals surface area contributed by atoms with Crippen LogP contribution in [0, 0.1) is 5.92 Å². The highest BCUT2D eigenvalue weighted by Gasteiger charge is 2.33. The van der Waals surface area contributed by atoms with Crippen molar-refractivity contribution in [3.05, 3.63) is 34.3 Å². The number of hydrogen-bond donors (Lipinski definition) is 2. The summed E-state index contributed by atoms with van der Waals surface area (Å²) in [6.07, 6.45) is 2.79. The fraction of sp³-hybridized carbons (Fsp3) is 0.526. The predicted octanol–water partition coefficient (Wildman–Crippen LogP) is 1.87. The van der Waals surface area contributed by atoms with Crippen LogP contribution in [0.4, 0.5) is 0 Å². The maximum Gasteiger partial charge on any atom is 0.242 e. The van der Waals surface area contributed by atoms with E-state index in [4.69, 9.17) is 0 Å². The van der Waals surface area contributed by atoms with Crippen LogP contribution in [-0.4, -0.2) is 48.8 Å². The second-order valence-electron chi connectivity index (χ2n) is 6.52. The molecule has 0 radical (unpaired) electrons. The standard InChI is InChI=1S/C19H26BrN3O3/c1-3-14(10-13-6-4-7-15(20)11-13)18(25)22-12-17(24)23-9-5-8-16(23)19(26)21-2/h4,6-7,11,14,16H,3,5,8-10,12H2,1-2H3,(H,21,26)(H,22,25). The Hall–Kier alpha value is -1.89. The van der Waals surface area contributed by atoms with Crippen LogP contribution < -0.4 is 10.6 Å². The van der Waals surface area contributed by atoms with Gasteiger partial charge in [-0.1, -0.05) is 35.0 Å². The van der Waals surface area contributed by atoms with Gasteiger partial charge in [0.25, 0.3) is 0 Å². The first-order valence-electron chi connectivity index (χ1n) is 8.99. The lowest BCUT2D eigenvalue weighted by Crippen LogP contribution is -2.48. The molecule has 2 unspecified atom stereocenters. The van der Waals surface area contributed by atoms with E-state index in [1.54, 1.807) is 11.9 Å². The van der Waals surface area contributed by atoms with Crippen LogP contribution in [0.15, 0.2) is 28.7 Å². The number of amides is 3. The Balaban J connectivity index is 1.89. The molecule has 0 spiro atoms. The maximum atomic E-state index is 12.5. The van der Waals surface area contributed by atoms with E-state index in [9.17, 15) is 14.4 Å². The third-order valence-corrected chi connectivity index (χ3v) is 5.26. The molecular formula is C19H26BrN3O3. The largest absolute Gasteiger partial charge is 0.357 e. The van der Waals surface area contributed by atoms with Crippen molar-refractivity contribution in [3.8, 4) is 0 Å². The number of likely N-dealkylation sites (tertiary alicyclic amines) is 1. The first kappa shape index (κ1) is 20.4. The van der Waals surface area contributed by atoms with Crippen LogP contribution in [0.1, 0.15) is 31.7 Å². The average Bonchev–Trinajstić information content (AvgIpc) is 3.13. The van der Waals surface area contributed by atoms with E-state index < -0.39 is 6.04 Å². The van der Waals surface area contributed by atoms with Gasteiger partial charge in [-0.3, -0.25) is 14.4 Å². The fourth-order valence-electron chi connectivity index (χ4n) is 3.28. The Morgan fingerprint density at radius 1 is 1.35 bits per heavy atom. The number of nitrogens with one attached hydrogen (secondary N) is 2. The molecule has 1 saturated heterocycles. The highest BCUT2D eigenvalue weighted by Crippen LogP contribution is 2.18. The first-order chi connectivity index (χ1) is 12.5. The molecule has 7 heteroatoms. The molecule has 2 atom stereocenters. The number of rotatable bonds is 7. The van der Waals surface area contributed by atoms with Gasteiger partial charge in [0.15, 0.2) is 0 Å². The van der Waals surface area contributed by atoms with Gasteiger partial charge in [-0.05, 0) is 43.4 Å². The number of likely N-dealkylation sites (N-methyl/N-ethyl adjacent to an activating group) is 1. The topological polar surface area (TPSA) is 78.5 Å². The zero-order valence-electron chi connectivity index (χ0n) is 15.3. The molecule has 6 nitrogen and oxygen atoms in total. The van der Waals surface area contributed by atoms with E-state index in [0.29, 0.717) is 25.8 Å². The van der Waals surface area contributed by atoms with Gasteiger partial charge in [-0.2, -0.15) is 0 Å². The number of hydrogen-bond acceptors (Lipinski definition) is 3. The molecule has 1 aliphatic rings. The SMILES string of the molecule is CCC(Cc1cccc(Br)c1)C(=O)NCC(=O)N1CCCC1C(=O)NC. The minimum Gasteiger partial charge on any atom is -0.357 e. The Labute approximate surface area is 162 Å². The summed E-state index contributed by atoms with van der Waals surface area (Å²) in [4.78, 5) is 38.3. The zero-order valence-corrected chi connectivity index (χ0v) is 16.8. The second kappa shape index (κ2) is 9.71. The molecule has 0 saturated carbocycles. The molecule has 3 amide bonds. The molecule has 1 aliphatic heterocycles. The molecule has 1 aromatic carbocycles. The number of carbonyl (C=O) groups excluding carboxylic acids is 3. The van der Waals surface area contributed by atoms with Gasteiger partial charge in [-0.25, -0.2) is 0 Å². The number of halogens is 1. The van der Waals surface area contributed by atoms with Gasteiger partial charge in [-0.15, -0.1) is 0 Å². The Bertz CT molecular complexity index is 665. The Kier molecular flexibility index (Phi) is 7.63. The molecular weight excluding hydrogens is 398 g/mol. The van der Waals surface area contributed by atoms with Gasteiger partial charge in [0.05, 0.1) is 6.54 Å². The summed E-state index contributed by atoms with van der Waals surface area (Å²) in [5.74, 6) is -0.674. The predicted molar refractivity (Wildman–Crippen MR) is 103 cm³/mol. The van der Waals surface area contributed by atoms with Crippen molar-refractivity contribution in [2.24, 2.45) is 5.92 Å². The van der Waals surface area contributed by atoms with E-state index in [-0.39, 0.29) is 30.2 Å². The monoisotopic (exact) mass is 423 g/mol. The van der Waals surface area contributed by atoms with Gasteiger partial charge >= 0.3 is 0 Å². The van der Waals surface area contributed by atoms with Gasteiger partial charge in [0, 0.05) is 24.0 Å². The van der Waals surface area contributed by atoms with E-state index in [2.05, 4.69) is 26.6 Å². The number of nitrogens with zero attached hydrogens (tertiary/aromatic N) is 1.